The number of halogens is 1. The Hall–Kier alpha value is -0.260. The van der Waals surface area contributed by atoms with Gasteiger partial charge in [0.2, 0.25) is 0 Å². The van der Waals surface area contributed by atoms with Crippen LogP contribution in [0.3, 0.4) is 0 Å². The van der Waals surface area contributed by atoms with Gasteiger partial charge < -0.3 is 5.11 Å². The number of carbonyl (C=O) groups excluding carboxylic acids is 1. The van der Waals surface area contributed by atoms with Crippen molar-refractivity contribution in [2.24, 2.45) is 22.7 Å². The normalized spacial score (nSPS) is 50.0. The van der Waals surface area contributed by atoms with Crippen molar-refractivity contribution in [2.75, 3.05) is 12.0 Å². The molecule has 3 saturated carbocycles. The molecule has 0 aliphatic heterocycles. The van der Waals surface area contributed by atoms with E-state index in [-0.39, 0.29) is 27.1 Å². The van der Waals surface area contributed by atoms with Gasteiger partial charge in [0.25, 0.3) is 0 Å². The number of aliphatic hydroxyl groups excluding tert-OH is 1. The fourth-order valence-electron chi connectivity index (χ4n) is 7.06. The molecule has 4 aliphatic rings. The summed E-state index contributed by atoms with van der Waals surface area (Å²) in [6.07, 6.45) is 11.3. The summed E-state index contributed by atoms with van der Waals surface area (Å²) in [6.45, 7) is 6.44. The first-order valence-corrected chi connectivity index (χ1v) is 12.9. The lowest BCUT2D eigenvalue weighted by atomic mass is 9.46. The number of hydrogen-bond acceptors (Lipinski definition) is 4. The van der Waals surface area contributed by atoms with Crippen LogP contribution in [0, 0.1) is 22.7 Å². The maximum atomic E-state index is 17.0. The number of alkyl halides is 1. The third kappa shape index (κ3) is 2.48. The molecular formula is C23H33FO2S2. The van der Waals surface area contributed by atoms with Gasteiger partial charge in [-0.3, -0.25) is 4.79 Å². The summed E-state index contributed by atoms with van der Waals surface area (Å²) < 4.78 is 17.1. The van der Waals surface area contributed by atoms with Crippen molar-refractivity contribution >= 4 is 29.3 Å². The van der Waals surface area contributed by atoms with Gasteiger partial charge in [0.15, 0.2) is 11.5 Å². The molecule has 5 heteroatoms. The van der Waals surface area contributed by atoms with Crippen LogP contribution in [0.5, 0.6) is 0 Å². The average molecular weight is 425 g/mol. The predicted octanol–water partition coefficient (Wildman–Crippen LogP) is 5.56. The number of fused-ring (bicyclic) bond motifs is 5. The van der Waals surface area contributed by atoms with Crippen LogP contribution in [0.1, 0.15) is 59.3 Å². The van der Waals surface area contributed by atoms with Crippen molar-refractivity contribution < 1.29 is 14.3 Å². The second-order valence-electron chi connectivity index (χ2n) is 9.61. The number of hydrogen-bond donors (Lipinski definition) is 1. The molecule has 1 unspecified atom stereocenters. The number of rotatable bonds is 4. The van der Waals surface area contributed by atoms with E-state index >= 15 is 4.39 Å². The zero-order valence-corrected chi connectivity index (χ0v) is 19.1. The van der Waals surface area contributed by atoms with Gasteiger partial charge in [0, 0.05) is 11.3 Å². The van der Waals surface area contributed by atoms with E-state index < -0.39 is 17.2 Å². The largest absolute Gasteiger partial charge is 0.390 e. The molecule has 0 amide bonds. The maximum absolute atomic E-state index is 17.0. The summed E-state index contributed by atoms with van der Waals surface area (Å²) in [6, 6.07) is 0. The molecule has 28 heavy (non-hydrogen) atoms. The summed E-state index contributed by atoms with van der Waals surface area (Å²) in [5.41, 5.74) is -1.76. The van der Waals surface area contributed by atoms with Gasteiger partial charge in [-0.2, -0.15) is 0 Å². The quantitative estimate of drug-likeness (QED) is 0.600. The fraction of sp³-hybridized carbons (Fsp3) is 0.783. The molecule has 7 atom stereocenters. The number of carbonyl (C=O) groups is 1. The van der Waals surface area contributed by atoms with E-state index in [4.69, 9.17) is 0 Å². The molecule has 0 radical (unpaired) electrons. The Morgan fingerprint density at radius 3 is 2.71 bits per heavy atom. The fourth-order valence-corrected chi connectivity index (χ4v) is 10.2. The highest BCUT2D eigenvalue weighted by Crippen LogP contribution is 2.73. The van der Waals surface area contributed by atoms with E-state index in [1.807, 2.05) is 30.4 Å². The minimum Gasteiger partial charge on any atom is -0.390 e. The van der Waals surface area contributed by atoms with Gasteiger partial charge >= 0.3 is 0 Å². The van der Waals surface area contributed by atoms with E-state index in [0.717, 1.165) is 43.4 Å². The van der Waals surface area contributed by atoms with E-state index in [9.17, 15) is 9.90 Å². The summed E-state index contributed by atoms with van der Waals surface area (Å²) in [7, 11) is 0. The first kappa shape index (κ1) is 21.0. The van der Waals surface area contributed by atoms with Gasteiger partial charge in [-0.05, 0) is 80.9 Å². The monoisotopic (exact) mass is 424 g/mol. The Morgan fingerprint density at radius 2 is 2.04 bits per heavy atom. The molecule has 2 nitrogen and oxygen atoms in total. The highest BCUT2D eigenvalue weighted by Gasteiger charge is 2.72. The zero-order valence-electron chi connectivity index (χ0n) is 17.5. The summed E-state index contributed by atoms with van der Waals surface area (Å²) in [4.78, 5) is 11.9. The number of thioether (sulfide) groups is 2. The molecule has 0 saturated heterocycles. The van der Waals surface area contributed by atoms with Crippen LogP contribution >= 0.6 is 23.5 Å². The standard InChI is InChI=1S/C23H33FO2S2/c1-5-12-28-22(27-4)11-9-17-18-7-6-15-13-16(25)8-10-20(15,2)23(18,24)19(26)14-21(17,22)3/h8,10,13,17-19,26H,5-7,9,11-12,14H2,1-4H3/t17-,18-,19?,20-,21-,22-,23-/m0/s1. The highest BCUT2D eigenvalue weighted by atomic mass is 32.2. The maximum Gasteiger partial charge on any atom is 0.178 e. The molecular weight excluding hydrogens is 391 g/mol. The minimum absolute atomic E-state index is 0.0529. The van der Waals surface area contributed by atoms with Crippen LogP contribution in [0.2, 0.25) is 0 Å². The lowest BCUT2D eigenvalue weighted by molar-refractivity contribution is -0.189. The highest BCUT2D eigenvalue weighted by molar-refractivity contribution is 8.18. The van der Waals surface area contributed by atoms with Crippen molar-refractivity contribution in [1.82, 2.24) is 0 Å². The molecule has 3 fully saturated rings. The predicted molar refractivity (Wildman–Crippen MR) is 117 cm³/mol. The SMILES string of the molecule is CCCS[C@@]1(SC)CC[C@H]2[C@@H]3CCC4=CC(=O)C=C[C@]4(C)[C@@]3(F)C(O)C[C@@]21C. The summed E-state index contributed by atoms with van der Waals surface area (Å²) >= 11 is 3.96. The Balaban J connectivity index is 1.76. The van der Waals surface area contributed by atoms with Crippen LogP contribution in [0.15, 0.2) is 23.8 Å². The average Bonchev–Trinajstić information content (AvgIpc) is 2.94. The van der Waals surface area contributed by atoms with Gasteiger partial charge in [-0.15, -0.1) is 23.5 Å². The molecule has 0 bridgehead atoms. The molecule has 4 aliphatic carbocycles. The summed E-state index contributed by atoms with van der Waals surface area (Å²) in [5.74, 6) is 1.18. The molecule has 0 spiro atoms. The zero-order chi connectivity index (χ0) is 20.4. The molecule has 0 aromatic rings. The molecule has 0 aromatic heterocycles. The van der Waals surface area contributed by atoms with Gasteiger partial charge in [-0.25, -0.2) is 4.39 Å². The van der Waals surface area contributed by atoms with E-state index in [1.165, 1.54) is 6.08 Å². The Morgan fingerprint density at radius 1 is 1.29 bits per heavy atom. The van der Waals surface area contributed by atoms with E-state index in [2.05, 4.69) is 20.1 Å². The van der Waals surface area contributed by atoms with Crippen molar-refractivity contribution in [3.05, 3.63) is 23.8 Å². The second kappa shape index (κ2) is 6.88. The lowest BCUT2D eigenvalue weighted by Crippen LogP contribution is -2.67. The molecule has 0 aromatic carbocycles. The van der Waals surface area contributed by atoms with Crippen LogP contribution in [-0.4, -0.2) is 38.8 Å². The number of allylic oxidation sites excluding steroid dienone is 4. The van der Waals surface area contributed by atoms with Gasteiger partial charge in [0.05, 0.1) is 10.2 Å². The third-order valence-corrected chi connectivity index (χ3v) is 12.5. The van der Waals surface area contributed by atoms with Crippen molar-refractivity contribution in [3.8, 4) is 0 Å². The Labute approximate surface area is 177 Å². The van der Waals surface area contributed by atoms with Gasteiger partial charge in [-0.1, -0.05) is 25.5 Å². The molecule has 0 heterocycles. The van der Waals surface area contributed by atoms with Crippen molar-refractivity contribution in [3.63, 3.8) is 0 Å². The smallest absolute Gasteiger partial charge is 0.178 e. The topological polar surface area (TPSA) is 37.3 Å². The minimum atomic E-state index is -1.69. The van der Waals surface area contributed by atoms with Crippen LogP contribution in [0.25, 0.3) is 0 Å². The van der Waals surface area contributed by atoms with Gasteiger partial charge in [0.1, 0.15) is 0 Å². The first-order valence-electron chi connectivity index (χ1n) is 10.7. The molecule has 1 N–H and O–H groups in total. The van der Waals surface area contributed by atoms with E-state index in [0.29, 0.717) is 6.42 Å². The van der Waals surface area contributed by atoms with Crippen molar-refractivity contribution in [1.29, 1.82) is 0 Å². The first-order chi connectivity index (χ1) is 13.2. The van der Waals surface area contributed by atoms with E-state index in [1.54, 1.807) is 12.2 Å². The second-order valence-corrected chi connectivity index (χ2v) is 12.4. The van der Waals surface area contributed by atoms with Crippen molar-refractivity contribution in [2.45, 2.75) is 75.1 Å². The van der Waals surface area contributed by atoms with Crippen LogP contribution < -0.4 is 0 Å². The molecule has 156 valence electrons. The third-order valence-electron chi connectivity index (χ3n) is 8.55. The number of aliphatic hydroxyl groups is 1. The number of ketones is 1. The van der Waals surface area contributed by atoms with Crippen LogP contribution in [-0.2, 0) is 4.79 Å². The Kier molecular flexibility index (Phi) is 5.16. The Bertz CT molecular complexity index is 736. The lowest BCUT2D eigenvalue weighted by Gasteiger charge is -2.63. The summed E-state index contributed by atoms with van der Waals surface area (Å²) in [5, 5.41) is 11.4. The molecule has 4 rings (SSSR count). The van der Waals surface area contributed by atoms with Crippen LogP contribution in [0.4, 0.5) is 4.39 Å².